The van der Waals surface area contributed by atoms with Gasteiger partial charge in [0, 0.05) is 21.5 Å². The largest absolute Gasteiger partial charge is 0.318 e. The first-order valence-electron chi connectivity index (χ1n) is 22.9. The van der Waals surface area contributed by atoms with Crippen LogP contribution in [0.3, 0.4) is 0 Å². The molecule has 0 amide bonds. The minimum atomic E-state index is 0.405. The molecule has 2 aromatic heterocycles. The maximum Gasteiger partial charge on any atom is 0.219 e. The molecule has 12 aromatic rings. The lowest BCUT2D eigenvalue weighted by Crippen LogP contribution is -2.02. The Morgan fingerprint density at radius 2 is 0.629 bits per heavy atom. The molecule has 0 atom stereocenters. The van der Waals surface area contributed by atoms with Crippen molar-refractivity contribution in [3.05, 3.63) is 252 Å². The molecule has 0 N–H and O–H groups in total. The maximum absolute atomic E-state index is 11.1. The lowest BCUT2D eigenvalue weighted by molar-refractivity contribution is 1.17. The zero-order valence-electron chi connectivity index (χ0n) is 37.5. The normalized spacial score (nSPS) is 11.1. The summed E-state index contributed by atoms with van der Waals surface area (Å²) in [5, 5.41) is 26.2. The summed E-state index contributed by atoms with van der Waals surface area (Å²) in [6, 6.07) is 78.0. The number of rotatable bonds is 7. The van der Waals surface area contributed by atoms with E-state index in [1.165, 1.54) is 0 Å². The molecule has 2 heterocycles. The number of hydrogen-bond donors (Lipinski definition) is 0. The number of aromatic nitrogens is 2. The number of nitriles is 2. The molecule has 322 valence electrons. The van der Waals surface area contributed by atoms with Crippen LogP contribution in [0.25, 0.3) is 120 Å². The molecule has 12 rings (SSSR count). The maximum atomic E-state index is 11.1. The molecule has 10 aromatic carbocycles. The Morgan fingerprint density at radius 3 is 0.971 bits per heavy atom. The monoisotopic (exact) mass is 888 g/mol. The molecule has 70 heavy (non-hydrogen) atoms. The SMILES string of the molecule is [C-]#[N+]c1c(-c2ccccc2)cc(-c2ccccc2)c(C#N)c1-n1c2ccccc2c2cc(-c3ccc4c(c3)c3ccccc3n4-c3c(C#N)c(-c4ccccc4)cc(-c4ccccc4)c3[N+]#[C-])ccc21. The Hall–Kier alpha value is -10.2. The average Bonchev–Trinajstić information content (AvgIpc) is 3.94. The predicted octanol–water partition coefficient (Wildman–Crippen LogP) is 17.1. The van der Waals surface area contributed by atoms with Crippen LogP contribution in [0.4, 0.5) is 11.4 Å². The summed E-state index contributed by atoms with van der Waals surface area (Å²) in [6.07, 6.45) is 0. The summed E-state index contributed by atoms with van der Waals surface area (Å²) >= 11 is 0. The highest BCUT2D eigenvalue weighted by atomic mass is 15.0. The standard InChI is InChI=1S/C64H36N6/c1-67-61-51(43-23-11-5-12-24-43)37-49(41-19-7-3-8-20-41)55(39-65)63(61)69-57-29-17-15-27-47(57)53-35-45(31-33-59(53)69)46-32-34-60-54(36-46)48-28-16-18-30-58(48)70(60)64-56(40-66)50(42-21-9-4-10-22-42)38-52(62(64)68-2)44-25-13-6-14-26-44/h3-38H. The summed E-state index contributed by atoms with van der Waals surface area (Å²) in [6.45, 7) is 17.4. The van der Waals surface area contributed by atoms with Gasteiger partial charge in [-0.15, -0.1) is 0 Å². The first-order chi connectivity index (χ1) is 34.6. The Bertz CT molecular complexity index is 3820. The third-order valence-corrected chi connectivity index (χ3v) is 13.5. The third kappa shape index (κ3) is 6.46. The van der Waals surface area contributed by atoms with Crippen molar-refractivity contribution in [2.24, 2.45) is 0 Å². The number of para-hydroxylation sites is 2. The van der Waals surface area contributed by atoms with E-state index >= 15 is 0 Å². The average molecular weight is 889 g/mol. The van der Waals surface area contributed by atoms with E-state index in [4.69, 9.17) is 13.1 Å². The van der Waals surface area contributed by atoms with Gasteiger partial charge in [-0.1, -0.05) is 182 Å². The Balaban J connectivity index is 1.09. The lowest BCUT2D eigenvalue weighted by Gasteiger charge is -2.19. The Labute approximate surface area is 404 Å². The fourth-order valence-electron chi connectivity index (χ4n) is 10.4. The molecule has 0 aliphatic heterocycles. The van der Waals surface area contributed by atoms with Crippen molar-refractivity contribution >= 4 is 55.0 Å². The lowest BCUT2D eigenvalue weighted by atomic mass is 9.91. The molecule has 0 aliphatic carbocycles. The zero-order chi connectivity index (χ0) is 47.3. The van der Waals surface area contributed by atoms with E-state index in [0.29, 0.717) is 33.9 Å². The van der Waals surface area contributed by atoms with Crippen LogP contribution in [0.15, 0.2) is 218 Å². The van der Waals surface area contributed by atoms with Crippen LogP contribution in [0, 0.1) is 35.8 Å². The van der Waals surface area contributed by atoms with Gasteiger partial charge in [0.2, 0.25) is 11.4 Å². The molecule has 0 saturated carbocycles. The fourth-order valence-corrected chi connectivity index (χ4v) is 10.4. The van der Waals surface area contributed by atoms with Gasteiger partial charge in [0.25, 0.3) is 0 Å². The van der Waals surface area contributed by atoms with Crippen LogP contribution in [0.2, 0.25) is 0 Å². The van der Waals surface area contributed by atoms with Crippen molar-refractivity contribution in [2.45, 2.75) is 0 Å². The third-order valence-electron chi connectivity index (χ3n) is 13.5. The molecule has 0 bridgehead atoms. The Kier molecular flexibility index (Phi) is 9.94. The molecular weight excluding hydrogens is 853 g/mol. The summed E-state index contributed by atoms with van der Waals surface area (Å²) in [7, 11) is 0. The molecular formula is C64H36N6. The quantitative estimate of drug-likeness (QED) is 0.150. The van der Waals surface area contributed by atoms with Crippen LogP contribution < -0.4 is 0 Å². The molecule has 0 unspecified atom stereocenters. The van der Waals surface area contributed by atoms with Crippen LogP contribution in [0.5, 0.6) is 0 Å². The fraction of sp³-hybridized carbons (Fsp3) is 0. The summed E-state index contributed by atoms with van der Waals surface area (Å²) in [4.78, 5) is 8.41. The van der Waals surface area contributed by atoms with Crippen molar-refractivity contribution in [1.82, 2.24) is 9.13 Å². The van der Waals surface area contributed by atoms with E-state index in [1.54, 1.807) is 0 Å². The highest BCUT2D eigenvalue weighted by Crippen LogP contribution is 2.49. The highest BCUT2D eigenvalue weighted by molar-refractivity contribution is 6.14. The summed E-state index contributed by atoms with van der Waals surface area (Å²) < 4.78 is 4.20. The van der Waals surface area contributed by atoms with Crippen molar-refractivity contribution in [3.8, 4) is 79.1 Å². The smallest absolute Gasteiger partial charge is 0.219 e. The van der Waals surface area contributed by atoms with E-state index < -0.39 is 0 Å². The van der Waals surface area contributed by atoms with Crippen LogP contribution in [0.1, 0.15) is 11.1 Å². The van der Waals surface area contributed by atoms with Gasteiger partial charge in [-0.2, -0.15) is 10.5 Å². The molecule has 0 spiro atoms. The van der Waals surface area contributed by atoms with Crippen molar-refractivity contribution in [2.75, 3.05) is 0 Å². The summed E-state index contributed by atoms with van der Waals surface area (Å²) in [5.41, 5.74) is 14.8. The predicted molar refractivity (Wildman–Crippen MR) is 284 cm³/mol. The van der Waals surface area contributed by atoms with Gasteiger partial charge >= 0.3 is 0 Å². The zero-order valence-corrected chi connectivity index (χ0v) is 37.5. The molecule has 0 aliphatic rings. The van der Waals surface area contributed by atoms with Gasteiger partial charge in [-0.25, -0.2) is 9.69 Å². The number of fused-ring (bicyclic) bond motifs is 6. The van der Waals surface area contributed by atoms with Gasteiger partial charge in [-0.05, 0) is 92.0 Å². The Morgan fingerprint density at radius 1 is 0.314 bits per heavy atom. The number of hydrogen-bond acceptors (Lipinski definition) is 2. The molecule has 6 nitrogen and oxygen atoms in total. The van der Waals surface area contributed by atoms with Gasteiger partial charge in [-0.3, -0.25) is 0 Å². The second-order valence-corrected chi connectivity index (χ2v) is 17.2. The highest BCUT2D eigenvalue weighted by Gasteiger charge is 2.27. The minimum absolute atomic E-state index is 0.405. The molecule has 0 radical (unpaired) electrons. The minimum Gasteiger partial charge on any atom is -0.318 e. The van der Waals surface area contributed by atoms with Crippen LogP contribution in [-0.2, 0) is 0 Å². The molecule has 0 fully saturated rings. The second-order valence-electron chi connectivity index (χ2n) is 17.2. The first-order valence-corrected chi connectivity index (χ1v) is 22.9. The number of benzene rings is 10. The van der Waals surface area contributed by atoms with E-state index in [-0.39, 0.29) is 0 Å². The van der Waals surface area contributed by atoms with Gasteiger partial charge < -0.3 is 9.13 Å². The number of nitrogens with zero attached hydrogens (tertiary/aromatic N) is 6. The van der Waals surface area contributed by atoms with E-state index in [0.717, 1.165) is 99.2 Å². The van der Waals surface area contributed by atoms with E-state index in [1.807, 2.05) is 158 Å². The van der Waals surface area contributed by atoms with Gasteiger partial charge in [0.05, 0.1) is 57.7 Å². The first kappa shape index (κ1) is 41.2. The summed E-state index contributed by atoms with van der Waals surface area (Å²) in [5.74, 6) is 0. The topological polar surface area (TPSA) is 66.2 Å². The van der Waals surface area contributed by atoms with E-state index in [2.05, 4.69) is 91.6 Å². The van der Waals surface area contributed by atoms with E-state index in [9.17, 15) is 10.5 Å². The molecule has 0 saturated heterocycles. The van der Waals surface area contributed by atoms with Crippen molar-refractivity contribution in [3.63, 3.8) is 0 Å². The molecule has 6 heteroatoms. The van der Waals surface area contributed by atoms with Crippen molar-refractivity contribution < 1.29 is 0 Å². The van der Waals surface area contributed by atoms with Crippen LogP contribution >= 0.6 is 0 Å². The van der Waals surface area contributed by atoms with Crippen LogP contribution in [-0.4, -0.2) is 9.13 Å². The van der Waals surface area contributed by atoms with Gasteiger partial charge in [0.1, 0.15) is 12.1 Å². The second kappa shape index (κ2) is 16.9. The van der Waals surface area contributed by atoms with Gasteiger partial charge in [0.15, 0.2) is 0 Å². The van der Waals surface area contributed by atoms with Crippen molar-refractivity contribution in [1.29, 1.82) is 10.5 Å².